The molecule has 0 radical (unpaired) electrons. The first-order chi connectivity index (χ1) is 11.3. The molecule has 4 heteroatoms. The Morgan fingerprint density at radius 2 is 1.96 bits per heavy atom. The second-order valence-corrected chi connectivity index (χ2v) is 6.85. The molecule has 0 aromatic heterocycles. The number of benzene rings is 1. The lowest BCUT2D eigenvalue weighted by atomic mass is 9.95. The Morgan fingerprint density at radius 3 is 2.74 bits per heavy atom. The van der Waals surface area contributed by atoms with Gasteiger partial charge in [-0.1, -0.05) is 43.5 Å². The highest BCUT2D eigenvalue weighted by Gasteiger charge is 2.29. The van der Waals surface area contributed by atoms with Gasteiger partial charge in [0.1, 0.15) is 0 Å². The quantitative estimate of drug-likeness (QED) is 0.847. The molecule has 0 aliphatic heterocycles. The maximum atomic E-state index is 12.4. The van der Waals surface area contributed by atoms with Crippen LogP contribution in [0.1, 0.15) is 55.7 Å². The van der Waals surface area contributed by atoms with E-state index in [9.17, 15) is 9.90 Å². The van der Waals surface area contributed by atoms with Crippen molar-refractivity contribution in [2.75, 3.05) is 19.7 Å². The molecule has 1 fully saturated rings. The monoisotopic (exact) mass is 316 g/mol. The third kappa shape index (κ3) is 4.12. The van der Waals surface area contributed by atoms with Crippen LogP contribution in [0.15, 0.2) is 24.3 Å². The summed E-state index contributed by atoms with van der Waals surface area (Å²) in [6, 6.07) is 9.09. The van der Waals surface area contributed by atoms with Crippen molar-refractivity contribution in [2.24, 2.45) is 0 Å². The van der Waals surface area contributed by atoms with E-state index in [0.29, 0.717) is 19.1 Å². The highest BCUT2D eigenvalue weighted by atomic mass is 16.3. The Hall–Kier alpha value is -1.39. The van der Waals surface area contributed by atoms with E-state index in [0.717, 1.165) is 25.7 Å². The summed E-state index contributed by atoms with van der Waals surface area (Å²) in [5.74, 6) is 0.106. The number of rotatable bonds is 6. The number of aryl methyl sites for hydroxylation is 1. The van der Waals surface area contributed by atoms with Crippen molar-refractivity contribution in [3.63, 3.8) is 0 Å². The van der Waals surface area contributed by atoms with Crippen LogP contribution in [0.2, 0.25) is 0 Å². The number of carbonyl (C=O) groups is 1. The Kier molecular flexibility index (Phi) is 5.68. The molecule has 1 saturated carbocycles. The highest BCUT2D eigenvalue weighted by molar-refractivity contribution is 5.78. The van der Waals surface area contributed by atoms with Crippen molar-refractivity contribution in [1.82, 2.24) is 10.2 Å². The molecular formula is C19H28N2O2. The van der Waals surface area contributed by atoms with Gasteiger partial charge in [0.05, 0.1) is 13.2 Å². The maximum absolute atomic E-state index is 12.4. The van der Waals surface area contributed by atoms with Crippen molar-refractivity contribution in [3.8, 4) is 0 Å². The second-order valence-electron chi connectivity index (χ2n) is 6.85. The largest absolute Gasteiger partial charge is 0.395 e. The topological polar surface area (TPSA) is 52.6 Å². The zero-order valence-corrected chi connectivity index (χ0v) is 13.8. The molecule has 23 heavy (non-hydrogen) atoms. The summed E-state index contributed by atoms with van der Waals surface area (Å²) < 4.78 is 0. The molecular weight excluding hydrogens is 288 g/mol. The van der Waals surface area contributed by atoms with Gasteiger partial charge in [-0.05, 0) is 36.8 Å². The number of amides is 1. The van der Waals surface area contributed by atoms with Crippen LogP contribution in [0, 0.1) is 0 Å². The number of carbonyl (C=O) groups excluding carboxylic acids is 1. The van der Waals surface area contributed by atoms with Gasteiger partial charge in [0, 0.05) is 18.6 Å². The fourth-order valence-corrected chi connectivity index (χ4v) is 4.09. The predicted molar refractivity (Wildman–Crippen MR) is 91.2 cm³/mol. The van der Waals surface area contributed by atoms with Gasteiger partial charge in [0.15, 0.2) is 0 Å². The normalized spacial score (nSPS) is 21.4. The first-order valence-electron chi connectivity index (χ1n) is 9.00. The summed E-state index contributed by atoms with van der Waals surface area (Å²) in [5.41, 5.74) is 2.71. The first kappa shape index (κ1) is 16.5. The van der Waals surface area contributed by atoms with Crippen LogP contribution in [0.3, 0.4) is 0 Å². The zero-order chi connectivity index (χ0) is 16.1. The van der Waals surface area contributed by atoms with Gasteiger partial charge in [-0.25, -0.2) is 0 Å². The minimum atomic E-state index is 0.0926. The van der Waals surface area contributed by atoms with Crippen molar-refractivity contribution in [3.05, 3.63) is 35.4 Å². The molecule has 0 spiro atoms. The van der Waals surface area contributed by atoms with E-state index in [2.05, 4.69) is 34.5 Å². The van der Waals surface area contributed by atoms with Gasteiger partial charge < -0.3 is 10.4 Å². The van der Waals surface area contributed by atoms with Crippen LogP contribution in [-0.4, -0.2) is 41.7 Å². The van der Waals surface area contributed by atoms with E-state index >= 15 is 0 Å². The van der Waals surface area contributed by atoms with Gasteiger partial charge in [-0.3, -0.25) is 9.69 Å². The molecule has 126 valence electrons. The van der Waals surface area contributed by atoms with E-state index in [1.54, 1.807) is 0 Å². The van der Waals surface area contributed by atoms with Crippen LogP contribution >= 0.6 is 0 Å². The fourth-order valence-electron chi connectivity index (χ4n) is 4.09. The highest BCUT2D eigenvalue weighted by Crippen LogP contribution is 2.35. The SMILES string of the molecule is O=C(CN(CCO)C1CCc2ccccc21)NC1CCCCC1. The number of nitrogens with zero attached hydrogens (tertiary/aromatic N) is 1. The van der Waals surface area contributed by atoms with Crippen LogP contribution in [-0.2, 0) is 11.2 Å². The third-order valence-electron chi connectivity index (χ3n) is 5.25. The molecule has 3 rings (SSSR count). The van der Waals surface area contributed by atoms with E-state index in [1.165, 1.54) is 30.4 Å². The molecule has 0 bridgehead atoms. The molecule has 2 aliphatic carbocycles. The number of hydrogen-bond acceptors (Lipinski definition) is 3. The van der Waals surface area contributed by atoms with Crippen molar-refractivity contribution in [1.29, 1.82) is 0 Å². The van der Waals surface area contributed by atoms with E-state index < -0.39 is 0 Å². The van der Waals surface area contributed by atoms with Crippen LogP contribution in [0.25, 0.3) is 0 Å². The van der Waals surface area contributed by atoms with Gasteiger partial charge in [0.25, 0.3) is 0 Å². The van der Waals surface area contributed by atoms with E-state index in [1.807, 2.05) is 0 Å². The van der Waals surface area contributed by atoms with Gasteiger partial charge in [-0.15, -0.1) is 0 Å². The number of fused-ring (bicyclic) bond motifs is 1. The predicted octanol–water partition coefficient (Wildman–Crippen LogP) is 2.42. The summed E-state index contributed by atoms with van der Waals surface area (Å²) in [7, 11) is 0. The minimum Gasteiger partial charge on any atom is -0.395 e. The van der Waals surface area contributed by atoms with Crippen LogP contribution in [0.5, 0.6) is 0 Å². The molecule has 1 aromatic rings. The molecule has 1 unspecified atom stereocenters. The van der Waals surface area contributed by atoms with Crippen molar-refractivity contribution < 1.29 is 9.90 Å². The molecule has 4 nitrogen and oxygen atoms in total. The Balaban J connectivity index is 1.61. The Morgan fingerprint density at radius 1 is 1.17 bits per heavy atom. The Bertz CT molecular complexity index is 526. The average molecular weight is 316 g/mol. The smallest absolute Gasteiger partial charge is 0.234 e. The maximum Gasteiger partial charge on any atom is 0.234 e. The lowest BCUT2D eigenvalue weighted by molar-refractivity contribution is -0.123. The molecule has 2 aliphatic rings. The Labute approximate surface area is 138 Å². The number of aliphatic hydroxyl groups is 1. The number of nitrogens with one attached hydrogen (secondary N) is 1. The average Bonchev–Trinajstić information content (AvgIpc) is 2.99. The number of aliphatic hydroxyl groups excluding tert-OH is 1. The summed E-state index contributed by atoms with van der Waals surface area (Å²) in [6.45, 7) is 1.03. The number of hydrogen-bond donors (Lipinski definition) is 2. The molecule has 0 heterocycles. The standard InChI is InChI=1S/C19H28N2O2/c22-13-12-21(14-19(23)20-16-7-2-1-3-8-16)18-11-10-15-6-4-5-9-17(15)18/h4-6,9,16,18,22H,1-3,7-8,10-14H2,(H,20,23). The summed E-state index contributed by atoms with van der Waals surface area (Å²) in [6.07, 6.45) is 8.06. The van der Waals surface area contributed by atoms with Crippen molar-refractivity contribution >= 4 is 5.91 Å². The lowest BCUT2D eigenvalue weighted by Gasteiger charge is -2.30. The first-order valence-corrected chi connectivity index (χ1v) is 9.00. The van der Waals surface area contributed by atoms with E-state index in [4.69, 9.17) is 0 Å². The van der Waals surface area contributed by atoms with Gasteiger partial charge >= 0.3 is 0 Å². The third-order valence-corrected chi connectivity index (χ3v) is 5.25. The zero-order valence-electron chi connectivity index (χ0n) is 13.8. The lowest BCUT2D eigenvalue weighted by Crippen LogP contribution is -2.44. The summed E-state index contributed by atoms with van der Waals surface area (Å²) >= 11 is 0. The molecule has 1 aromatic carbocycles. The van der Waals surface area contributed by atoms with Gasteiger partial charge in [0.2, 0.25) is 5.91 Å². The fraction of sp³-hybridized carbons (Fsp3) is 0.632. The molecule has 2 N–H and O–H groups in total. The second kappa shape index (κ2) is 7.93. The summed E-state index contributed by atoms with van der Waals surface area (Å²) in [4.78, 5) is 14.6. The summed E-state index contributed by atoms with van der Waals surface area (Å²) in [5, 5.41) is 12.6. The van der Waals surface area contributed by atoms with Crippen LogP contribution in [0.4, 0.5) is 0 Å². The molecule has 1 atom stereocenters. The minimum absolute atomic E-state index is 0.0926. The molecule has 0 saturated heterocycles. The van der Waals surface area contributed by atoms with Crippen molar-refractivity contribution in [2.45, 2.75) is 57.0 Å². The molecule has 1 amide bonds. The van der Waals surface area contributed by atoms with Crippen LogP contribution < -0.4 is 5.32 Å². The van der Waals surface area contributed by atoms with Gasteiger partial charge in [-0.2, -0.15) is 0 Å². The van der Waals surface area contributed by atoms with E-state index in [-0.39, 0.29) is 18.6 Å².